The van der Waals surface area contributed by atoms with E-state index in [0.29, 0.717) is 0 Å². The topological polar surface area (TPSA) is 55.1 Å². The zero-order chi connectivity index (χ0) is 7.98. The Morgan fingerprint density at radius 2 is 2.20 bits per heavy atom. The van der Waals surface area contributed by atoms with Gasteiger partial charge in [0, 0.05) is 15.3 Å². The summed E-state index contributed by atoms with van der Waals surface area (Å²) in [4.78, 5) is 10.2. The minimum absolute atomic E-state index is 0.412. The van der Waals surface area contributed by atoms with Gasteiger partial charge in [-0.05, 0) is 6.42 Å². The second kappa shape index (κ2) is 5.29. The molecule has 0 aliphatic carbocycles. The van der Waals surface area contributed by atoms with Gasteiger partial charge in [-0.15, -0.1) is 0 Å². The van der Waals surface area contributed by atoms with Crippen molar-refractivity contribution in [3.05, 3.63) is 0 Å². The minimum Gasteiger partial charge on any atom is -0.352 e. The van der Waals surface area contributed by atoms with Gasteiger partial charge in [-0.2, -0.15) is 0 Å². The van der Waals surface area contributed by atoms with E-state index in [4.69, 9.17) is 5.73 Å². The van der Waals surface area contributed by atoms with Crippen molar-refractivity contribution in [1.82, 2.24) is 5.32 Å². The molecule has 0 radical (unpaired) electrons. The van der Waals surface area contributed by atoms with Crippen LogP contribution in [-0.4, -0.2) is 21.4 Å². The van der Waals surface area contributed by atoms with E-state index in [1.807, 2.05) is 0 Å². The Labute approximate surface area is 63.6 Å². The van der Waals surface area contributed by atoms with Gasteiger partial charge in [0.05, 0.1) is 0 Å². The van der Waals surface area contributed by atoms with Crippen LogP contribution >= 0.6 is 0 Å². The van der Waals surface area contributed by atoms with E-state index in [0.717, 1.165) is 13.0 Å². The molecule has 60 valence electrons. The van der Waals surface area contributed by atoms with Gasteiger partial charge in [0.2, 0.25) is 0 Å². The van der Waals surface area contributed by atoms with Crippen LogP contribution in [0.5, 0.6) is 0 Å². The van der Waals surface area contributed by atoms with Crippen molar-refractivity contribution in [3.8, 4) is 0 Å². The fraction of sp³-hybridized carbons (Fsp3) is 0.833. The number of rotatable bonds is 4. The first kappa shape index (κ1) is 9.49. The fourth-order valence-corrected chi connectivity index (χ4v) is 1.74. The van der Waals surface area contributed by atoms with Crippen LogP contribution in [0, 0.1) is 0 Å². The first-order valence-corrected chi connectivity index (χ1v) is 6.79. The van der Waals surface area contributed by atoms with Crippen LogP contribution < -0.4 is 11.1 Å². The monoisotopic (exact) mass is 160 g/mol. The maximum absolute atomic E-state index is 10.2. The Morgan fingerprint density at radius 3 is 2.60 bits per heavy atom. The van der Waals surface area contributed by atoms with E-state index in [1.165, 1.54) is 6.04 Å². The van der Waals surface area contributed by atoms with Gasteiger partial charge in [0.1, 0.15) is 0 Å². The van der Waals surface area contributed by atoms with Crippen molar-refractivity contribution >= 4 is 14.8 Å². The molecule has 0 fully saturated rings. The Morgan fingerprint density at radius 1 is 1.60 bits per heavy atom. The van der Waals surface area contributed by atoms with E-state index in [2.05, 4.69) is 18.4 Å². The van der Waals surface area contributed by atoms with E-state index in [9.17, 15) is 4.79 Å². The molecule has 0 saturated carbocycles. The number of amides is 2. The largest absolute Gasteiger partial charge is 0.352 e. The molecular formula is C6H16N2OSi. The highest BCUT2D eigenvalue weighted by atomic mass is 28.3. The zero-order valence-electron chi connectivity index (χ0n) is 6.68. The third-order valence-electron chi connectivity index (χ3n) is 1.26. The van der Waals surface area contributed by atoms with Gasteiger partial charge in [0.25, 0.3) is 0 Å². The lowest BCUT2D eigenvalue weighted by Crippen LogP contribution is -2.30. The molecule has 10 heavy (non-hydrogen) atoms. The van der Waals surface area contributed by atoms with Crippen LogP contribution in [0.4, 0.5) is 4.79 Å². The molecule has 4 heteroatoms. The van der Waals surface area contributed by atoms with Crippen LogP contribution in [0.25, 0.3) is 0 Å². The van der Waals surface area contributed by atoms with Gasteiger partial charge >= 0.3 is 6.03 Å². The van der Waals surface area contributed by atoms with Crippen molar-refractivity contribution in [2.45, 2.75) is 25.6 Å². The zero-order valence-corrected chi connectivity index (χ0v) is 7.84. The fourth-order valence-electron chi connectivity index (χ4n) is 0.722. The highest BCUT2D eigenvalue weighted by Crippen LogP contribution is 1.94. The second-order valence-electron chi connectivity index (χ2n) is 2.83. The van der Waals surface area contributed by atoms with Crippen LogP contribution in [0.2, 0.25) is 19.1 Å². The summed E-state index contributed by atoms with van der Waals surface area (Å²) in [6.45, 7) is 5.33. The van der Waals surface area contributed by atoms with Crippen LogP contribution in [-0.2, 0) is 0 Å². The summed E-state index contributed by atoms with van der Waals surface area (Å²) < 4.78 is 0. The Kier molecular flexibility index (Phi) is 5.01. The van der Waals surface area contributed by atoms with Crippen LogP contribution in [0.1, 0.15) is 6.42 Å². The maximum atomic E-state index is 10.2. The van der Waals surface area contributed by atoms with E-state index in [-0.39, 0.29) is 0 Å². The summed E-state index contributed by atoms with van der Waals surface area (Å²) in [7, 11) is -0.426. The second-order valence-corrected chi connectivity index (χ2v) is 6.19. The molecule has 0 rings (SSSR count). The summed E-state index contributed by atoms with van der Waals surface area (Å²) >= 11 is 0. The van der Waals surface area contributed by atoms with Crippen molar-refractivity contribution in [2.24, 2.45) is 5.73 Å². The number of nitrogens with one attached hydrogen (secondary N) is 1. The number of primary amides is 1. The SMILES string of the molecule is C[SiH](C)CCCNC(N)=O. The third-order valence-corrected chi connectivity index (χ3v) is 2.82. The molecule has 3 nitrogen and oxygen atoms in total. The first-order valence-electron chi connectivity index (χ1n) is 3.66. The normalized spacial score (nSPS) is 9.90. The molecule has 0 unspecified atom stereocenters. The van der Waals surface area contributed by atoms with Crippen LogP contribution in [0.15, 0.2) is 0 Å². The predicted octanol–water partition coefficient (Wildman–Crippen LogP) is 0.532. The number of nitrogens with two attached hydrogens (primary N) is 1. The number of carbonyl (C=O) groups is 1. The molecule has 0 saturated heterocycles. The third kappa shape index (κ3) is 7.49. The van der Waals surface area contributed by atoms with E-state index in [1.54, 1.807) is 0 Å². The quantitative estimate of drug-likeness (QED) is 0.457. The number of urea groups is 1. The van der Waals surface area contributed by atoms with Crippen LogP contribution in [0.3, 0.4) is 0 Å². The Bertz CT molecular complexity index is 106. The molecule has 0 bridgehead atoms. The molecule has 0 aromatic carbocycles. The Hall–Kier alpha value is -0.513. The van der Waals surface area contributed by atoms with Crippen molar-refractivity contribution in [2.75, 3.05) is 6.54 Å². The molecule has 2 amide bonds. The lowest BCUT2D eigenvalue weighted by molar-refractivity contribution is 0.249. The lowest BCUT2D eigenvalue weighted by atomic mass is 10.5. The molecule has 3 N–H and O–H groups in total. The molecule has 0 spiro atoms. The van der Waals surface area contributed by atoms with Crippen molar-refractivity contribution in [1.29, 1.82) is 0 Å². The van der Waals surface area contributed by atoms with Gasteiger partial charge < -0.3 is 11.1 Å². The summed E-state index contributed by atoms with van der Waals surface area (Å²) in [5.41, 5.74) is 4.87. The molecule has 0 aliphatic heterocycles. The molecular weight excluding hydrogens is 144 g/mol. The smallest absolute Gasteiger partial charge is 0.312 e. The highest BCUT2D eigenvalue weighted by Gasteiger charge is 1.95. The van der Waals surface area contributed by atoms with Gasteiger partial charge in [-0.3, -0.25) is 0 Å². The van der Waals surface area contributed by atoms with Gasteiger partial charge in [0.15, 0.2) is 0 Å². The summed E-state index contributed by atoms with van der Waals surface area (Å²) in [6.07, 6.45) is 1.08. The summed E-state index contributed by atoms with van der Waals surface area (Å²) in [6, 6.07) is 0.866. The molecule has 0 aromatic rings. The Balaban J connectivity index is 2.98. The van der Waals surface area contributed by atoms with E-state index >= 15 is 0 Å². The standard InChI is InChI=1S/C6H16N2OSi/c1-10(2)5-3-4-8-6(7)9/h10H,3-5H2,1-2H3,(H3,7,8,9). The van der Waals surface area contributed by atoms with E-state index < -0.39 is 14.8 Å². The number of hydrogen-bond acceptors (Lipinski definition) is 1. The molecule has 0 atom stereocenters. The maximum Gasteiger partial charge on any atom is 0.312 e. The molecule has 0 heterocycles. The van der Waals surface area contributed by atoms with Crippen molar-refractivity contribution in [3.63, 3.8) is 0 Å². The number of carbonyl (C=O) groups excluding carboxylic acids is 1. The summed E-state index contributed by atoms with van der Waals surface area (Å²) in [5, 5.41) is 2.56. The average Bonchev–Trinajstić information content (AvgIpc) is 1.79. The highest BCUT2D eigenvalue weighted by molar-refractivity contribution is 6.55. The molecule has 0 aromatic heterocycles. The predicted molar refractivity (Wildman–Crippen MR) is 45.9 cm³/mol. The first-order chi connectivity index (χ1) is 4.63. The van der Waals surface area contributed by atoms with Gasteiger partial charge in [-0.25, -0.2) is 4.79 Å². The van der Waals surface area contributed by atoms with Gasteiger partial charge in [-0.1, -0.05) is 19.1 Å². The molecule has 0 aliphatic rings. The minimum atomic E-state index is -0.426. The summed E-state index contributed by atoms with van der Waals surface area (Å²) in [5.74, 6) is 0. The average molecular weight is 160 g/mol. The van der Waals surface area contributed by atoms with Crippen molar-refractivity contribution < 1.29 is 4.79 Å². The number of hydrogen-bond donors (Lipinski definition) is 2. The lowest BCUT2D eigenvalue weighted by Gasteiger charge is -2.02.